The van der Waals surface area contributed by atoms with E-state index in [4.69, 9.17) is 16.3 Å². The summed E-state index contributed by atoms with van der Waals surface area (Å²) in [5.74, 6) is -0.581. The van der Waals surface area contributed by atoms with Crippen molar-refractivity contribution in [3.8, 4) is 11.5 Å². The van der Waals surface area contributed by atoms with Crippen LogP contribution < -0.4 is 15.9 Å². The van der Waals surface area contributed by atoms with Crippen molar-refractivity contribution in [2.75, 3.05) is 6.61 Å². The summed E-state index contributed by atoms with van der Waals surface area (Å²) in [6, 6.07) is 4.41. The first-order chi connectivity index (χ1) is 11.4. The molecule has 126 valence electrons. The number of aromatic hydroxyl groups is 1. The third-order valence-electron chi connectivity index (χ3n) is 2.84. The molecule has 0 atom stereocenters. The number of phenols is 1. The van der Waals surface area contributed by atoms with E-state index in [1.54, 1.807) is 13.8 Å². The van der Waals surface area contributed by atoms with E-state index in [1.165, 1.54) is 24.4 Å². The van der Waals surface area contributed by atoms with Crippen LogP contribution in [0.4, 0.5) is 0 Å². The molecule has 1 amide bonds. The molecule has 0 saturated carbocycles. The number of nitrogens with zero attached hydrogens (tertiary/aromatic N) is 2. The van der Waals surface area contributed by atoms with Crippen LogP contribution in [0.2, 0.25) is 5.02 Å². The van der Waals surface area contributed by atoms with Gasteiger partial charge in [-0.3, -0.25) is 4.79 Å². The zero-order chi connectivity index (χ0) is 17.7. The second-order valence-corrected chi connectivity index (χ2v) is 5.14. The molecular formula is C15H15ClN4O4. The Kier molecular flexibility index (Phi) is 5.54. The van der Waals surface area contributed by atoms with Gasteiger partial charge in [0.25, 0.3) is 5.91 Å². The number of ether oxygens (including phenoxy) is 1. The molecule has 9 heteroatoms. The summed E-state index contributed by atoms with van der Waals surface area (Å²) in [6.45, 7) is 3.76. The minimum absolute atomic E-state index is 0.0489. The molecule has 3 N–H and O–H groups in total. The van der Waals surface area contributed by atoms with Gasteiger partial charge in [-0.05, 0) is 37.6 Å². The van der Waals surface area contributed by atoms with E-state index in [2.05, 4.69) is 20.5 Å². The van der Waals surface area contributed by atoms with Crippen molar-refractivity contribution < 1.29 is 14.6 Å². The Morgan fingerprint density at radius 3 is 2.92 bits per heavy atom. The van der Waals surface area contributed by atoms with E-state index in [1.807, 2.05) is 0 Å². The molecule has 1 aromatic carbocycles. The molecule has 1 heterocycles. The van der Waals surface area contributed by atoms with Gasteiger partial charge < -0.3 is 14.8 Å². The fourth-order valence-electron chi connectivity index (χ4n) is 1.85. The summed E-state index contributed by atoms with van der Waals surface area (Å²) in [5.41, 5.74) is 2.61. The molecule has 8 nitrogen and oxygen atoms in total. The molecule has 2 aromatic rings. The zero-order valence-corrected chi connectivity index (χ0v) is 13.7. The fourth-order valence-corrected chi connectivity index (χ4v) is 2.07. The molecule has 2 rings (SSSR count). The predicted octanol–water partition coefficient (Wildman–Crippen LogP) is 1.60. The molecule has 0 aliphatic carbocycles. The number of carbonyl (C=O) groups is 1. The second-order valence-electron chi connectivity index (χ2n) is 4.74. The number of hydrogen-bond donors (Lipinski definition) is 3. The first kappa shape index (κ1) is 17.5. The number of aryl methyl sites for hydroxylation is 1. The van der Waals surface area contributed by atoms with Crippen molar-refractivity contribution >= 4 is 23.7 Å². The molecule has 0 radical (unpaired) electrons. The Labute approximate surface area is 142 Å². The lowest BCUT2D eigenvalue weighted by atomic mass is 10.2. The maximum absolute atomic E-state index is 11.9. The first-order valence-electron chi connectivity index (χ1n) is 6.97. The molecule has 1 aromatic heterocycles. The second kappa shape index (κ2) is 7.60. The molecule has 0 aliphatic rings. The molecule has 0 bridgehead atoms. The van der Waals surface area contributed by atoms with Gasteiger partial charge in [0.1, 0.15) is 5.69 Å². The monoisotopic (exact) mass is 350 g/mol. The number of aromatic nitrogens is 2. The molecule has 0 fully saturated rings. The normalized spacial score (nSPS) is 10.8. The number of phenolic OH excluding ortho intramolecular Hbond substituents is 1. The van der Waals surface area contributed by atoms with Crippen LogP contribution in [0.5, 0.6) is 11.5 Å². The highest BCUT2D eigenvalue weighted by atomic mass is 35.5. The van der Waals surface area contributed by atoms with Crippen LogP contribution in [0.25, 0.3) is 0 Å². The Balaban J connectivity index is 2.14. The number of H-pyrrole nitrogens is 1. The van der Waals surface area contributed by atoms with Gasteiger partial charge in [0.2, 0.25) is 0 Å². The number of aromatic amines is 1. The number of hydrazone groups is 1. The standard InChI is InChI=1S/C15H15ClN4O4/c1-3-24-12-6-9(5-10(16)13(12)21)7-17-20-14(22)11-4-8(2)18-15(23)19-11/h4-7,21H,3H2,1-2H3,(H,20,22)(H,18,19,23)/b17-7+. The molecule has 24 heavy (non-hydrogen) atoms. The smallest absolute Gasteiger partial charge is 0.345 e. The van der Waals surface area contributed by atoms with Crippen molar-refractivity contribution in [1.29, 1.82) is 0 Å². The first-order valence-corrected chi connectivity index (χ1v) is 7.35. The fraction of sp³-hybridized carbons (Fsp3) is 0.200. The van der Waals surface area contributed by atoms with Crippen molar-refractivity contribution in [2.24, 2.45) is 5.10 Å². The van der Waals surface area contributed by atoms with E-state index in [-0.39, 0.29) is 22.2 Å². The maximum atomic E-state index is 11.9. The largest absolute Gasteiger partial charge is 0.503 e. The number of nitrogens with one attached hydrogen (secondary N) is 2. The zero-order valence-electron chi connectivity index (χ0n) is 13.0. The number of hydrogen-bond acceptors (Lipinski definition) is 6. The van der Waals surface area contributed by atoms with Crippen LogP contribution in [-0.2, 0) is 0 Å². The topological polar surface area (TPSA) is 117 Å². The highest BCUT2D eigenvalue weighted by Gasteiger charge is 2.10. The molecular weight excluding hydrogens is 336 g/mol. The maximum Gasteiger partial charge on any atom is 0.345 e. The Morgan fingerprint density at radius 1 is 1.50 bits per heavy atom. The quantitative estimate of drug-likeness (QED) is 0.559. The van der Waals surface area contributed by atoms with Crippen LogP contribution >= 0.6 is 11.6 Å². The van der Waals surface area contributed by atoms with E-state index in [0.29, 0.717) is 17.9 Å². The average molecular weight is 351 g/mol. The summed E-state index contributed by atoms with van der Waals surface area (Å²) in [4.78, 5) is 29.1. The predicted molar refractivity (Wildman–Crippen MR) is 88.9 cm³/mol. The number of benzene rings is 1. The lowest BCUT2D eigenvalue weighted by Gasteiger charge is -2.08. The van der Waals surface area contributed by atoms with Gasteiger partial charge in [-0.15, -0.1) is 0 Å². The van der Waals surface area contributed by atoms with Crippen LogP contribution in [0.1, 0.15) is 28.7 Å². The van der Waals surface area contributed by atoms with Crippen molar-refractivity contribution in [3.63, 3.8) is 0 Å². The summed E-state index contributed by atoms with van der Waals surface area (Å²) in [5, 5.41) is 13.6. The third-order valence-corrected chi connectivity index (χ3v) is 3.13. The lowest BCUT2D eigenvalue weighted by molar-refractivity contribution is 0.0949. The van der Waals surface area contributed by atoms with Crippen LogP contribution in [0.15, 0.2) is 28.1 Å². The summed E-state index contributed by atoms with van der Waals surface area (Å²) in [7, 11) is 0. The van der Waals surface area contributed by atoms with Gasteiger partial charge in [0.15, 0.2) is 11.5 Å². The van der Waals surface area contributed by atoms with Crippen molar-refractivity contribution in [2.45, 2.75) is 13.8 Å². The van der Waals surface area contributed by atoms with Gasteiger partial charge in [0, 0.05) is 5.69 Å². The molecule has 0 aliphatic heterocycles. The molecule has 0 unspecified atom stereocenters. The average Bonchev–Trinajstić information content (AvgIpc) is 2.51. The third kappa shape index (κ3) is 4.32. The Bertz CT molecular complexity index is 848. The van der Waals surface area contributed by atoms with Gasteiger partial charge in [-0.2, -0.15) is 10.1 Å². The van der Waals surface area contributed by atoms with E-state index >= 15 is 0 Å². The van der Waals surface area contributed by atoms with Gasteiger partial charge in [0.05, 0.1) is 17.8 Å². The Morgan fingerprint density at radius 2 is 2.25 bits per heavy atom. The van der Waals surface area contributed by atoms with Gasteiger partial charge >= 0.3 is 5.69 Å². The van der Waals surface area contributed by atoms with Crippen LogP contribution in [0.3, 0.4) is 0 Å². The number of amides is 1. The minimum atomic E-state index is -0.629. The summed E-state index contributed by atoms with van der Waals surface area (Å²) < 4.78 is 5.25. The summed E-state index contributed by atoms with van der Waals surface area (Å²) >= 11 is 5.90. The number of halogens is 1. The van der Waals surface area contributed by atoms with E-state index in [9.17, 15) is 14.7 Å². The van der Waals surface area contributed by atoms with Gasteiger partial charge in [-0.1, -0.05) is 11.6 Å². The lowest BCUT2D eigenvalue weighted by Crippen LogP contribution is -2.24. The number of rotatable bonds is 5. The van der Waals surface area contributed by atoms with E-state index < -0.39 is 11.6 Å². The molecule has 0 saturated heterocycles. The van der Waals surface area contributed by atoms with E-state index in [0.717, 1.165) is 0 Å². The SMILES string of the molecule is CCOc1cc(/C=N/NC(=O)c2cc(C)[nH]c(=O)n2)cc(Cl)c1O. The van der Waals surface area contributed by atoms with Gasteiger partial charge in [-0.25, -0.2) is 10.2 Å². The van der Waals surface area contributed by atoms with Crippen molar-refractivity contribution in [1.82, 2.24) is 15.4 Å². The van der Waals surface area contributed by atoms with Crippen molar-refractivity contribution in [3.05, 3.63) is 50.7 Å². The molecule has 0 spiro atoms. The summed E-state index contributed by atoms with van der Waals surface area (Å²) in [6.07, 6.45) is 1.33. The highest BCUT2D eigenvalue weighted by molar-refractivity contribution is 6.32. The Hall–Kier alpha value is -2.87. The minimum Gasteiger partial charge on any atom is -0.503 e. The van der Waals surface area contributed by atoms with Crippen LogP contribution in [0, 0.1) is 6.92 Å². The van der Waals surface area contributed by atoms with Crippen LogP contribution in [-0.4, -0.2) is 33.8 Å². The highest BCUT2D eigenvalue weighted by Crippen LogP contribution is 2.34. The number of carbonyl (C=O) groups excluding carboxylic acids is 1.